The van der Waals surface area contributed by atoms with Gasteiger partial charge >= 0.3 is 0 Å². The first kappa shape index (κ1) is 58.1. The molecule has 0 fully saturated rings. The highest BCUT2D eigenvalue weighted by atomic mass is 32.1. The Morgan fingerprint density at radius 2 is 0.831 bits per heavy atom. The van der Waals surface area contributed by atoms with E-state index in [-0.39, 0.29) is 50.0 Å². The number of anilines is 9. The molecular formula is C84H90BN3S. The maximum atomic E-state index is 2.79. The maximum absolute atomic E-state index is 2.79. The molecule has 0 spiro atoms. The summed E-state index contributed by atoms with van der Waals surface area (Å²) in [5.41, 5.74) is 30.0. The van der Waals surface area contributed by atoms with Crippen LogP contribution >= 0.6 is 11.3 Å². The molecule has 0 saturated heterocycles. The molecule has 5 heteroatoms. The summed E-state index contributed by atoms with van der Waals surface area (Å²) < 4.78 is 2.62. The highest BCUT2D eigenvalue weighted by Gasteiger charge is 2.51. The molecule has 0 unspecified atom stereocenters. The minimum absolute atomic E-state index is 0.0103. The Bertz CT molecular complexity index is 4570. The zero-order chi connectivity index (χ0) is 62.8. The van der Waals surface area contributed by atoms with Crippen LogP contribution in [0, 0.1) is 6.92 Å². The van der Waals surface area contributed by atoms with Crippen molar-refractivity contribution in [3.8, 4) is 0 Å². The number of aryl methyl sites for hydroxylation is 1. The van der Waals surface area contributed by atoms with Gasteiger partial charge in [0.2, 0.25) is 0 Å². The normalized spacial score (nSPS) is 18.4. The molecule has 1 aromatic heterocycles. The summed E-state index contributed by atoms with van der Waals surface area (Å²) in [5.74, 6) is 0. The van der Waals surface area contributed by atoms with Gasteiger partial charge < -0.3 is 14.7 Å². The van der Waals surface area contributed by atoms with Crippen molar-refractivity contribution < 1.29 is 0 Å². The van der Waals surface area contributed by atoms with Gasteiger partial charge in [0.25, 0.3) is 6.71 Å². The van der Waals surface area contributed by atoms with Crippen LogP contribution in [0.15, 0.2) is 164 Å². The fraction of sp³-hybridized carbons (Fsp3) is 0.357. The first-order valence-corrected chi connectivity index (χ1v) is 33.9. The van der Waals surface area contributed by atoms with Crippen molar-refractivity contribution in [1.29, 1.82) is 0 Å². The van der Waals surface area contributed by atoms with Crippen molar-refractivity contribution >= 4 is 106 Å². The Labute approximate surface area is 536 Å². The summed E-state index contributed by atoms with van der Waals surface area (Å²) in [4.78, 5) is 8.12. The lowest BCUT2D eigenvalue weighted by Crippen LogP contribution is -2.62. The van der Waals surface area contributed by atoms with E-state index in [0.29, 0.717) is 0 Å². The second-order valence-electron chi connectivity index (χ2n) is 33.3. The molecule has 3 aliphatic carbocycles. The number of thiophene rings is 1. The molecule has 3 heterocycles. The van der Waals surface area contributed by atoms with Crippen LogP contribution in [0.25, 0.3) is 20.2 Å². The third-order valence-corrected chi connectivity index (χ3v) is 23.8. The first-order chi connectivity index (χ1) is 41.8. The number of fused-ring (bicyclic) bond motifs is 11. The van der Waals surface area contributed by atoms with Gasteiger partial charge in [0.1, 0.15) is 0 Å². The van der Waals surface area contributed by atoms with Crippen molar-refractivity contribution in [2.75, 3.05) is 14.7 Å². The Morgan fingerprint density at radius 1 is 0.393 bits per heavy atom. The lowest BCUT2D eigenvalue weighted by atomic mass is 9.32. The SMILES string of the molecule is Cc1cc2c(cc1N1c3cc4c(cc3B3c5cc6c(cc5N(c5cccc7c5sc5ccccc57)c5cc(N(c7ccc(C(C)(C)C)cc7)c7ccc(C(C)(C)C)cc7)cc1c53)C(C)(C)CC6(C)C)C(C)(C)c1ccccc1C4(C)C)C(C)(C)CCC2(C)C. The largest absolute Gasteiger partial charge is 0.311 e. The lowest BCUT2D eigenvalue weighted by Gasteiger charge is -2.49. The van der Waals surface area contributed by atoms with Gasteiger partial charge in [-0.05, 0) is 203 Å². The Kier molecular flexibility index (Phi) is 12.3. The average Bonchev–Trinajstić information content (AvgIpc) is 1.49. The average molecular weight is 1180 g/mol. The van der Waals surface area contributed by atoms with Crippen LogP contribution in [0.2, 0.25) is 0 Å². The molecule has 5 aliphatic rings. The van der Waals surface area contributed by atoms with Crippen LogP contribution < -0.4 is 31.1 Å². The van der Waals surface area contributed by atoms with Crippen molar-refractivity contribution in [3.63, 3.8) is 0 Å². The minimum Gasteiger partial charge on any atom is -0.311 e. The number of hydrogen-bond donors (Lipinski definition) is 0. The molecule has 2 aliphatic heterocycles. The van der Waals surface area contributed by atoms with Crippen LogP contribution in [0.3, 0.4) is 0 Å². The number of hydrogen-bond acceptors (Lipinski definition) is 4. The van der Waals surface area contributed by atoms with E-state index in [2.05, 4.69) is 310 Å². The van der Waals surface area contributed by atoms with Crippen molar-refractivity contribution in [3.05, 3.63) is 225 Å². The van der Waals surface area contributed by atoms with E-state index in [4.69, 9.17) is 0 Å². The van der Waals surface area contributed by atoms with Crippen LogP contribution in [0.5, 0.6) is 0 Å². The lowest BCUT2D eigenvalue weighted by molar-refractivity contribution is 0.332. The fourth-order valence-corrected chi connectivity index (χ4v) is 18.8. The van der Waals surface area contributed by atoms with Crippen molar-refractivity contribution in [2.24, 2.45) is 0 Å². The first-order valence-electron chi connectivity index (χ1n) is 33.1. The Hall–Kier alpha value is -7.34. The summed E-state index contributed by atoms with van der Waals surface area (Å²) in [5, 5.41) is 2.62. The van der Waals surface area contributed by atoms with Gasteiger partial charge in [0.15, 0.2) is 0 Å². The smallest absolute Gasteiger partial charge is 0.252 e. The predicted molar refractivity (Wildman–Crippen MR) is 387 cm³/mol. The zero-order valence-corrected chi connectivity index (χ0v) is 57.4. The van der Waals surface area contributed by atoms with Gasteiger partial charge in [0, 0.05) is 66.1 Å². The van der Waals surface area contributed by atoms with Crippen LogP contribution in [0.1, 0.15) is 205 Å². The van der Waals surface area contributed by atoms with Gasteiger partial charge in [-0.3, -0.25) is 0 Å². The van der Waals surface area contributed by atoms with E-state index in [0.717, 1.165) is 36.3 Å². The summed E-state index contributed by atoms with van der Waals surface area (Å²) >= 11 is 1.94. The van der Waals surface area contributed by atoms with Gasteiger partial charge in [-0.1, -0.05) is 222 Å². The van der Waals surface area contributed by atoms with Gasteiger partial charge in [0.05, 0.1) is 16.1 Å². The van der Waals surface area contributed by atoms with E-state index >= 15 is 0 Å². The molecule has 0 amide bonds. The second-order valence-corrected chi connectivity index (χ2v) is 34.3. The standard InChI is InChI=1S/C84H90BN3S/c1-50-41-60-62(80(10,11)40-39-79(60,8)9)46-69(50)88-71-48-65-64(83(16,17)58-27-21-22-28-59(58)84(65,18)19)45-67(71)85-66-44-61-63(82(14,15)49-81(61,12)13)47-70(66)87(68-29-24-26-57-56-25-20-23-30-74(56)89-76(57)68)72-42-55(43-73(88)75(72)85)86(53-35-31-51(32-36-53)77(2,3)4)54-37-33-52(34-38-54)78(5,6)7/h20-38,41-48H,39-40,49H2,1-19H3. The topological polar surface area (TPSA) is 9.72 Å². The summed E-state index contributed by atoms with van der Waals surface area (Å²) in [6, 6.07) is 65.8. The van der Waals surface area contributed by atoms with Crippen LogP contribution in [0.4, 0.5) is 51.2 Å². The second kappa shape index (κ2) is 18.9. The van der Waals surface area contributed by atoms with Crippen LogP contribution in [-0.4, -0.2) is 6.71 Å². The molecule has 0 radical (unpaired) electrons. The predicted octanol–water partition coefficient (Wildman–Crippen LogP) is 21.8. The summed E-state index contributed by atoms with van der Waals surface area (Å²) in [6.45, 7) is 46.2. The summed E-state index contributed by atoms with van der Waals surface area (Å²) in [7, 11) is 0. The highest BCUT2D eigenvalue weighted by Crippen LogP contribution is 2.58. The molecule has 3 nitrogen and oxygen atoms in total. The molecule has 0 atom stereocenters. The van der Waals surface area contributed by atoms with E-state index in [1.165, 1.54) is 132 Å². The fourth-order valence-electron chi connectivity index (χ4n) is 17.6. The number of benzene rings is 9. The third-order valence-electron chi connectivity index (χ3n) is 22.6. The maximum Gasteiger partial charge on any atom is 0.252 e. The molecule has 89 heavy (non-hydrogen) atoms. The van der Waals surface area contributed by atoms with E-state index < -0.39 is 0 Å². The number of rotatable bonds is 5. The molecule has 0 saturated carbocycles. The molecular weight excluding hydrogens is 1090 g/mol. The van der Waals surface area contributed by atoms with Gasteiger partial charge in [-0.25, -0.2) is 0 Å². The van der Waals surface area contributed by atoms with Gasteiger partial charge in [-0.2, -0.15) is 0 Å². The molecule has 450 valence electrons. The van der Waals surface area contributed by atoms with Gasteiger partial charge in [-0.15, -0.1) is 11.3 Å². The summed E-state index contributed by atoms with van der Waals surface area (Å²) in [6.07, 6.45) is 3.38. The monoisotopic (exact) mass is 1180 g/mol. The van der Waals surface area contributed by atoms with Crippen molar-refractivity contribution in [1.82, 2.24) is 0 Å². The minimum atomic E-state index is -0.276. The number of nitrogens with zero attached hydrogens (tertiary/aromatic N) is 3. The Balaban J connectivity index is 1.13. The van der Waals surface area contributed by atoms with E-state index in [1.54, 1.807) is 0 Å². The molecule has 0 N–H and O–H groups in total. The molecule has 10 aromatic rings. The van der Waals surface area contributed by atoms with E-state index in [1.807, 2.05) is 11.3 Å². The molecule has 9 aromatic carbocycles. The third kappa shape index (κ3) is 8.55. The highest BCUT2D eigenvalue weighted by molar-refractivity contribution is 7.26. The Morgan fingerprint density at radius 3 is 1.38 bits per heavy atom. The zero-order valence-electron chi connectivity index (χ0n) is 56.5. The van der Waals surface area contributed by atoms with Crippen molar-refractivity contribution in [2.45, 2.75) is 194 Å². The molecule has 0 bridgehead atoms. The van der Waals surface area contributed by atoms with E-state index in [9.17, 15) is 0 Å². The van der Waals surface area contributed by atoms with Crippen LogP contribution in [-0.2, 0) is 43.3 Å². The quantitative estimate of drug-likeness (QED) is 0.159. The molecule has 15 rings (SSSR count).